The Morgan fingerprint density at radius 1 is 0.829 bits per heavy atom. The molecule has 4 rings (SSSR count). The number of hydrogen-bond acceptors (Lipinski definition) is 4. The Morgan fingerprint density at radius 2 is 1.46 bits per heavy atom. The smallest absolute Gasteiger partial charge is 0.328 e. The lowest BCUT2D eigenvalue weighted by atomic mass is 10.0. The number of hydrogen-bond donors (Lipinski definition) is 3. The molecule has 2 amide bonds. The first kappa shape index (κ1) is 29.6. The first-order valence-corrected chi connectivity index (χ1v) is 13.3. The summed E-state index contributed by atoms with van der Waals surface area (Å²) in [6, 6.07) is 29.0. The van der Waals surface area contributed by atoms with Gasteiger partial charge in [0.05, 0.1) is 13.2 Å². The molecule has 3 N–H and O–H groups in total. The molecule has 0 heterocycles. The normalized spacial score (nSPS) is 11.9. The van der Waals surface area contributed by atoms with Crippen LogP contribution in [0.2, 0.25) is 10.0 Å². The van der Waals surface area contributed by atoms with E-state index in [1.165, 1.54) is 12.1 Å². The van der Waals surface area contributed by atoms with E-state index in [9.17, 15) is 19.5 Å². The van der Waals surface area contributed by atoms with Crippen LogP contribution < -0.4 is 10.6 Å². The Morgan fingerprint density at radius 3 is 2.10 bits per heavy atom. The number of aliphatic carboxylic acids is 1. The van der Waals surface area contributed by atoms with E-state index in [0.29, 0.717) is 16.1 Å². The van der Waals surface area contributed by atoms with E-state index in [2.05, 4.69) is 10.6 Å². The van der Waals surface area contributed by atoms with Crippen LogP contribution in [0.1, 0.15) is 21.5 Å². The molecule has 0 saturated carbocycles. The minimum absolute atomic E-state index is 0.166. The molecule has 9 heteroatoms. The Labute approximate surface area is 247 Å². The fraction of sp³-hybridized carbons (Fsp3) is 0.0938. The maximum Gasteiger partial charge on any atom is 0.328 e. The number of carbonyl (C=O) groups is 3. The van der Waals surface area contributed by atoms with Crippen LogP contribution in [0.15, 0.2) is 109 Å². The molecule has 0 aliphatic carbocycles. The zero-order valence-corrected chi connectivity index (χ0v) is 23.2. The summed E-state index contributed by atoms with van der Waals surface area (Å²) in [6.07, 6.45) is 1.36. The highest BCUT2D eigenvalue weighted by molar-refractivity contribution is 6.35. The zero-order chi connectivity index (χ0) is 29.2. The Kier molecular flexibility index (Phi) is 10.3. The second-order valence-corrected chi connectivity index (χ2v) is 9.83. The third-order valence-electron chi connectivity index (χ3n) is 6.01. The second kappa shape index (κ2) is 14.3. The number of rotatable bonds is 11. The predicted molar refractivity (Wildman–Crippen MR) is 159 cm³/mol. The molecule has 0 fully saturated rings. The largest absolute Gasteiger partial charge is 0.480 e. The molecule has 41 heavy (non-hydrogen) atoms. The van der Waals surface area contributed by atoms with Gasteiger partial charge in [-0.25, -0.2) is 4.79 Å². The van der Waals surface area contributed by atoms with Crippen molar-refractivity contribution in [2.24, 2.45) is 0 Å². The van der Waals surface area contributed by atoms with Crippen LogP contribution in [-0.4, -0.2) is 35.5 Å². The molecule has 0 aromatic heterocycles. The summed E-state index contributed by atoms with van der Waals surface area (Å²) < 4.78 is 5.53. The van der Waals surface area contributed by atoms with Gasteiger partial charge >= 0.3 is 5.97 Å². The molecule has 1 unspecified atom stereocenters. The first-order chi connectivity index (χ1) is 19.8. The van der Waals surface area contributed by atoms with Crippen molar-refractivity contribution in [3.8, 4) is 11.1 Å². The summed E-state index contributed by atoms with van der Waals surface area (Å²) >= 11 is 12.3. The van der Waals surface area contributed by atoms with Gasteiger partial charge in [0.15, 0.2) is 6.04 Å². The van der Waals surface area contributed by atoms with Gasteiger partial charge in [-0.15, -0.1) is 0 Å². The molecule has 0 spiro atoms. The lowest BCUT2D eigenvalue weighted by Crippen LogP contribution is -2.46. The van der Waals surface area contributed by atoms with Crippen molar-refractivity contribution in [3.63, 3.8) is 0 Å². The van der Waals surface area contributed by atoms with E-state index in [-0.39, 0.29) is 23.9 Å². The molecular formula is C32H26Cl2N2O5. The van der Waals surface area contributed by atoms with Crippen LogP contribution in [-0.2, 0) is 20.9 Å². The van der Waals surface area contributed by atoms with Crippen molar-refractivity contribution in [3.05, 3.63) is 136 Å². The highest BCUT2D eigenvalue weighted by Crippen LogP contribution is 2.23. The Hall–Kier alpha value is -4.43. The standard InChI is InChI=1S/C32H26Cl2N2O5/c33-26-16-15-25(27(34)18-26)17-28(31(38)36-29(32(39)40)20-41-19-21-7-3-1-4-8-21)35-30(37)24-13-11-23(12-14-24)22-9-5-2-6-10-22/h1-18,29H,19-20H2,(H,35,37)(H,36,38)(H,39,40)/b28-17+. The molecule has 7 nitrogen and oxygen atoms in total. The van der Waals surface area contributed by atoms with Crippen molar-refractivity contribution in [2.45, 2.75) is 12.6 Å². The summed E-state index contributed by atoms with van der Waals surface area (Å²) in [5.74, 6) is -2.69. The monoisotopic (exact) mass is 588 g/mol. The molecule has 208 valence electrons. The molecule has 4 aromatic rings. The average molecular weight is 589 g/mol. The number of carboxylic acids is 1. The molecule has 0 aliphatic heterocycles. The summed E-state index contributed by atoms with van der Waals surface area (Å²) in [5, 5.41) is 15.4. The first-order valence-electron chi connectivity index (χ1n) is 12.6. The van der Waals surface area contributed by atoms with E-state index in [1.807, 2.05) is 60.7 Å². The molecule has 1 atom stereocenters. The van der Waals surface area contributed by atoms with Gasteiger partial charge in [-0.3, -0.25) is 9.59 Å². The fourth-order valence-corrected chi connectivity index (χ4v) is 4.31. The quantitative estimate of drug-likeness (QED) is 0.180. The molecule has 0 bridgehead atoms. The molecule has 0 saturated heterocycles. The van der Waals surface area contributed by atoms with Crippen LogP contribution in [0, 0.1) is 0 Å². The number of nitrogens with one attached hydrogen (secondary N) is 2. The number of benzene rings is 4. The number of amides is 2. The number of halogens is 2. The molecular weight excluding hydrogens is 563 g/mol. The van der Waals surface area contributed by atoms with Crippen molar-refractivity contribution in [2.75, 3.05) is 6.61 Å². The molecule has 0 radical (unpaired) electrons. The third-order valence-corrected chi connectivity index (χ3v) is 6.57. The second-order valence-electron chi connectivity index (χ2n) is 8.99. The summed E-state index contributed by atoms with van der Waals surface area (Å²) in [6.45, 7) is -0.126. The van der Waals surface area contributed by atoms with E-state index in [1.54, 1.807) is 36.4 Å². The topological polar surface area (TPSA) is 105 Å². The average Bonchev–Trinajstić information content (AvgIpc) is 2.98. The van der Waals surface area contributed by atoms with Crippen molar-refractivity contribution in [1.29, 1.82) is 0 Å². The lowest BCUT2D eigenvalue weighted by Gasteiger charge is -2.17. The van der Waals surface area contributed by atoms with E-state index < -0.39 is 23.8 Å². The van der Waals surface area contributed by atoms with Gasteiger partial charge < -0.3 is 20.5 Å². The van der Waals surface area contributed by atoms with Crippen molar-refractivity contribution < 1.29 is 24.2 Å². The van der Waals surface area contributed by atoms with Crippen LogP contribution >= 0.6 is 23.2 Å². The molecule has 4 aromatic carbocycles. The van der Waals surface area contributed by atoms with E-state index in [0.717, 1.165) is 16.7 Å². The number of ether oxygens (including phenoxy) is 1. The van der Waals surface area contributed by atoms with Crippen LogP contribution in [0.3, 0.4) is 0 Å². The Balaban J connectivity index is 1.52. The van der Waals surface area contributed by atoms with Crippen LogP contribution in [0.25, 0.3) is 17.2 Å². The van der Waals surface area contributed by atoms with E-state index >= 15 is 0 Å². The summed E-state index contributed by atoms with van der Waals surface area (Å²) in [4.78, 5) is 38.4. The zero-order valence-electron chi connectivity index (χ0n) is 21.7. The Bertz CT molecular complexity index is 1540. The maximum absolute atomic E-state index is 13.3. The van der Waals surface area contributed by atoms with Crippen molar-refractivity contribution in [1.82, 2.24) is 10.6 Å². The van der Waals surface area contributed by atoms with Gasteiger partial charge in [-0.05, 0) is 52.6 Å². The van der Waals surface area contributed by atoms with Gasteiger partial charge in [-0.1, -0.05) is 102 Å². The number of carboxylic acid groups (broad SMARTS) is 1. The van der Waals surface area contributed by atoms with Gasteiger partial charge in [0.1, 0.15) is 5.70 Å². The van der Waals surface area contributed by atoms with Crippen molar-refractivity contribution >= 4 is 47.1 Å². The van der Waals surface area contributed by atoms with Gasteiger partial charge in [0.25, 0.3) is 11.8 Å². The van der Waals surface area contributed by atoms with Crippen LogP contribution in [0.5, 0.6) is 0 Å². The highest BCUT2D eigenvalue weighted by atomic mass is 35.5. The summed E-state index contributed by atoms with van der Waals surface area (Å²) in [5.41, 5.74) is 3.25. The predicted octanol–water partition coefficient (Wildman–Crippen LogP) is 6.22. The fourth-order valence-electron chi connectivity index (χ4n) is 3.85. The minimum Gasteiger partial charge on any atom is -0.480 e. The van der Waals surface area contributed by atoms with Crippen LogP contribution in [0.4, 0.5) is 0 Å². The van der Waals surface area contributed by atoms with E-state index in [4.69, 9.17) is 27.9 Å². The lowest BCUT2D eigenvalue weighted by molar-refractivity contribution is -0.143. The minimum atomic E-state index is -1.38. The summed E-state index contributed by atoms with van der Waals surface area (Å²) in [7, 11) is 0. The third kappa shape index (κ3) is 8.53. The van der Waals surface area contributed by atoms with Gasteiger partial charge in [0.2, 0.25) is 0 Å². The highest BCUT2D eigenvalue weighted by Gasteiger charge is 2.24. The molecule has 0 aliphatic rings. The number of carbonyl (C=O) groups excluding carboxylic acids is 2. The maximum atomic E-state index is 13.3. The van der Waals surface area contributed by atoms with Gasteiger partial charge in [-0.2, -0.15) is 0 Å². The SMILES string of the molecule is O=C(NC(COCc1ccccc1)C(=O)O)/C(=C\c1ccc(Cl)cc1Cl)NC(=O)c1ccc(-c2ccccc2)cc1. The van der Waals surface area contributed by atoms with Gasteiger partial charge in [0, 0.05) is 15.6 Å².